The molecular weight excluding hydrogens is 488 g/mol. The number of rotatable bonds is 9. The third kappa shape index (κ3) is 5.11. The molecule has 0 bridgehead atoms. The van der Waals surface area contributed by atoms with E-state index in [-0.39, 0.29) is 34.8 Å². The van der Waals surface area contributed by atoms with E-state index in [1.165, 1.54) is 65.2 Å². The van der Waals surface area contributed by atoms with Crippen molar-refractivity contribution < 1.29 is 38.1 Å². The van der Waals surface area contributed by atoms with E-state index in [2.05, 4.69) is 4.72 Å². The van der Waals surface area contributed by atoms with Crippen LogP contribution in [0.5, 0.6) is 0 Å². The Bertz CT molecular complexity index is 1590. The van der Waals surface area contributed by atoms with Crippen molar-refractivity contribution in [3.05, 3.63) is 101 Å². The second-order valence-electron chi connectivity index (χ2n) is 7.97. The minimum Gasteiger partial charge on any atom is -0.478 e. The van der Waals surface area contributed by atoms with Crippen molar-refractivity contribution in [1.29, 1.82) is 0 Å². The normalized spacial score (nSPS) is 11.4. The Morgan fingerprint density at radius 3 is 1.81 bits per heavy atom. The van der Waals surface area contributed by atoms with Gasteiger partial charge >= 0.3 is 17.9 Å². The number of carboxylic acids is 3. The van der Waals surface area contributed by atoms with Gasteiger partial charge in [-0.1, -0.05) is 24.3 Å². The molecule has 4 aromatic rings. The van der Waals surface area contributed by atoms with Crippen molar-refractivity contribution in [3.63, 3.8) is 0 Å². The second kappa shape index (κ2) is 9.64. The first-order valence-corrected chi connectivity index (χ1v) is 12.0. The average Bonchev–Trinajstić information content (AvgIpc) is 3.21. The molecule has 1 aromatic heterocycles. The van der Waals surface area contributed by atoms with Crippen LogP contribution < -0.4 is 4.72 Å². The minimum absolute atomic E-state index is 0.0478. The van der Waals surface area contributed by atoms with Gasteiger partial charge in [0.2, 0.25) is 10.0 Å². The van der Waals surface area contributed by atoms with Crippen LogP contribution in [0.15, 0.2) is 77.7 Å². The zero-order valence-electron chi connectivity index (χ0n) is 18.6. The summed E-state index contributed by atoms with van der Waals surface area (Å²) in [6, 6.07) is 17.5. The highest BCUT2D eigenvalue weighted by molar-refractivity contribution is 7.89. The van der Waals surface area contributed by atoms with Gasteiger partial charge in [-0.15, -0.1) is 0 Å². The Hall–Kier alpha value is -4.48. The molecule has 10 nitrogen and oxygen atoms in total. The topological polar surface area (TPSA) is 163 Å². The number of nitrogens with one attached hydrogen (secondary N) is 1. The van der Waals surface area contributed by atoms with Crippen LogP contribution in [0.1, 0.15) is 42.3 Å². The number of carboxylic acid groups (broad SMARTS) is 3. The molecule has 0 saturated heterocycles. The van der Waals surface area contributed by atoms with Gasteiger partial charge in [-0.3, -0.25) is 0 Å². The lowest BCUT2D eigenvalue weighted by atomic mass is 10.1. The second-order valence-corrected chi connectivity index (χ2v) is 9.74. The maximum atomic E-state index is 12.9. The number of benzene rings is 3. The van der Waals surface area contributed by atoms with Crippen LogP contribution in [-0.2, 0) is 23.1 Å². The van der Waals surface area contributed by atoms with E-state index in [4.69, 9.17) is 10.2 Å². The zero-order valence-corrected chi connectivity index (χ0v) is 19.4. The number of sulfonamides is 1. The summed E-state index contributed by atoms with van der Waals surface area (Å²) in [5.41, 5.74) is 1.88. The molecule has 0 unspecified atom stereocenters. The van der Waals surface area contributed by atoms with E-state index >= 15 is 0 Å². The standard InChI is InChI=1S/C25H20N2O8S/c28-23(29)17-5-1-15(2-6-17)13-26-36(34,35)20-9-10-21-19(11-20)12-22(25(32)33)27(21)14-16-3-7-18(8-4-16)24(30)31/h1-12,26H,13-14H2,(H,28,29)(H,30,31)(H,32,33). The molecule has 0 amide bonds. The Kier molecular flexibility index (Phi) is 6.60. The number of fused-ring (bicyclic) bond motifs is 1. The van der Waals surface area contributed by atoms with Crippen LogP contribution in [-0.4, -0.2) is 46.2 Å². The first kappa shape index (κ1) is 24.6. The van der Waals surface area contributed by atoms with Crippen molar-refractivity contribution >= 4 is 38.8 Å². The molecule has 4 N–H and O–H groups in total. The van der Waals surface area contributed by atoms with Crippen LogP contribution in [0, 0.1) is 0 Å². The lowest BCUT2D eigenvalue weighted by molar-refractivity contribution is 0.0678. The van der Waals surface area contributed by atoms with Crippen LogP contribution in [0.25, 0.3) is 10.9 Å². The molecule has 0 saturated carbocycles. The fourth-order valence-electron chi connectivity index (χ4n) is 3.73. The summed E-state index contributed by atoms with van der Waals surface area (Å²) < 4.78 is 29.7. The van der Waals surface area contributed by atoms with Crippen LogP contribution in [0.2, 0.25) is 0 Å². The minimum atomic E-state index is -3.95. The molecule has 0 atom stereocenters. The number of hydrogen-bond donors (Lipinski definition) is 4. The van der Waals surface area contributed by atoms with Gasteiger partial charge < -0.3 is 19.9 Å². The summed E-state index contributed by atoms with van der Waals surface area (Å²) in [4.78, 5) is 33.8. The van der Waals surface area contributed by atoms with Crippen molar-refractivity contribution in [2.75, 3.05) is 0 Å². The highest BCUT2D eigenvalue weighted by atomic mass is 32.2. The summed E-state index contributed by atoms with van der Waals surface area (Å²) in [7, 11) is -3.95. The van der Waals surface area contributed by atoms with Gasteiger partial charge in [0.1, 0.15) is 5.69 Å². The summed E-state index contributed by atoms with van der Waals surface area (Å²) in [6.07, 6.45) is 0. The third-order valence-electron chi connectivity index (χ3n) is 5.61. The van der Waals surface area contributed by atoms with E-state index < -0.39 is 27.9 Å². The Morgan fingerprint density at radius 2 is 1.28 bits per heavy atom. The van der Waals surface area contributed by atoms with Gasteiger partial charge in [0.15, 0.2) is 0 Å². The molecule has 0 spiro atoms. The van der Waals surface area contributed by atoms with Crippen LogP contribution in [0.4, 0.5) is 0 Å². The molecule has 0 aliphatic rings. The van der Waals surface area contributed by atoms with Gasteiger partial charge in [-0.2, -0.15) is 0 Å². The predicted molar refractivity (Wildman–Crippen MR) is 129 cm³/mol. The fraction of sp³-hybridized carbons (Fsp3) is 0.0800. The molecular formula is C25H20N2O8S. The third-order valence-corrected chi connectivity index (χ3v) is 7.01. The molecule has 184 valence electrons. The molecule has 36 heavy (non-hydrogen) atoms. The Morgan fingerprint density at radius 1 is 0.722 bits per heavy atom. The zero-order chi connectivity index (χ0) is 26.0. The van der Waals surface area contributed by atoms with Crippen molar-refractivity contribution in [2.24, 2.45) is 0 Å². The quantitative estimate of drug-likeness (QED) is 0.268. The number of hydrogen-bond acceptors (Lipinski definition) is 5. The maximum Gasteiger partial charge on any atom is 0.352 e. The van der Waals surface area contributed by atoms with Gasteiger partial charge in [-0.05, 0) is 59.7 Å². The summed E-state index contributed by atoms with van der Waals surface area (Å²) in [6.45, 7) is 0.0791. The number of aromatic nitrogens is 1. The molecule has 3 aromatic carbocycles. The van der Waals surface area contributed by atoms with E-state index in [0.29, 0.717) is 22.0 Å². The van der Waals surface area contributed by atoms with Crippen LogP contribution >= 0.6 is 0 Å². The van der Waals surface area contributed by atoms with Gasteiger partial charge in [0, 0.05) is 24.0 Å². The first-order valence-electron chi connectivity index (χ1n) is 10.6. The Balaban J connectivity index is 1.60. The SMILES string of the molecule is O=C(O)c1ccc(CNS(=O)(=O)c2ccc3c(c2)cc(C(=O)O)n3Cc2ccc(C(=O)O)cc2)cc1. The van der Waals surface area contributed by atoms with Crippen LogP contribution in [0.3, 0.4) is 0 Å². The van der Waals surface area contributed by atoms with E-state index in [1.54, 1.807) is 12.1 Å². The molecule has 1 heterocycles. The Labute approximate surface area is 205 Å². The average molecular weight is 509 g/mol. The van der Waals surface area contributed by atoms with Gasteiger partial charge in [0.05, 0.1) is 16.0 Å². The molecule has 4 rings (SSSR count). The lowest BCUT2D eigenvalue weighted by Gasteiger charge is -2.10. The van der Waals surface area contributed by atoms with Gasteiger partial charge in [-0.25, -0.2) is 27.5 Å². The number of nitrogens with zero attached hydrogens (tertiary/aromatic N) is 1. The van der Waals surface area contributed by atoms with E-state index in [0.717, 1.165) is 0 Å². The lowest BCUT2D eigenvalue weighted by Crippen LogP contribution is -2.23. The van der Waals surface area contributed by atoms with Crippen molar-refractivity contribution in [1.82, 2.24) is 9.29 Å². The first-order chi connectivity index (χ1) is 17.0. The monoisotopic (exact) mass is 508 g/mol. The maximum absolute atomic E-state index is 12.9. The molecule has 0 aliphatic carbocycles. The number of carbonyl (C=O) groups is 3. The number of aromatic carboxylic acids is 3. The van der Waals surface area contributed by atoms with E-state index in [9.17, 15) is 27.9 Å². The molecule has 0 aliphatic heterocycles. The van der Waals surface area contributed by atoms with Crippen molar-refractivity contribution in [2.45, 2.75) is 18.0 Å². The largest absolute Gasteiger partial charge is 0.478 e. The summed E-state index contributed by atoms with van der Waals surface area (Å²) in [5.74, 6) is -3.35. The van der Waals surface area contributed by atoms with E-state index in [1.807, 2.05) is 0 Å². The highest BCUT2D eigenvalue weighted by Crippen LogP contribution is 2.25. The van der Waals surface area contributed by atoms with Gasteiger partial charge in [0.25, 0.3) is 0 Å². The smallest absolute Gasteiger partial charge is 0.352 e. The molecule has 11 heteroatoms. The highest BCUT2D eigenvalue weighted by Gasteiger charge is 2.19. The summed E-state index contributed by atoms with van der Waals surface area (Å²) >= 11 is 0. The molecule has 0 fully saturated rings. The summed E-state index contributed by atoms with van der Waals surface area (Å²) in [5, 5.41) is 28.1. The molecule has 0 radical (unpaired) electrons. The van der Waals surface area contributed by atoms with Crippen molar-refractivity contribution in [3.8, 4) is 0 Å². The predicted octanol–water partition coefficient (Wildman–Crippen LogP) is 3.26. The fourth-order valence-corrected chi connectivity index (χ4v) is 4.78.